The number of carbonyl (C=O) groups is 2. The van der Waals surface area contributed by atoms with E-state index in [9.17, 15) is 9.59 Å². The van der Waals surface area contributed by atoms with E-state index in [4.69, 9.17) is 0 Å². The molecule has 0 bridgehead atoms. The van der Waals surface area contributed by atoms with Crippen LogP contribution in [0.5, 0.6) is 0 Å². The molecule has 160 valence electrons. The topological polar surface area (TPSA) is 63.6 Å². The number of thioether (sulfide) groups is 1. The highest BCUT2D eigenvalue weighted by molar-refractivity contribution is 7.98. The molecule has 1 aliphatic rings. The maximum atomic E-state index is 13.3. The second kappa shape index (κ2) is 9.31. The van der Waals surface area contributed by atoms with E-state index in [1.54, 1.807) is 11.8 Å². The lowest BCUT2D eigenvalue weighted by Gasteiger charge is -2.31. The van der Waals surface area contributed by atoms with Gasteiger partial charge in [0, 0.05) is 23.3 Å². The average molecular weight is 436 g/mol. The molecule has 0 fully saturated rings. The molecule has 4 rings (SSSR count). The van der Waals surface area contributed by atoms with E-state index in [0.717, 1.165) is 22.5 Å². The first kappa shape index (κ1) is 21.1. The van der Waals surface area contributed by atoms with Crippen LogP contribution in [0.15, 0.2) is 71.8 Å². The van der Waals surface area contributed by atoms with Gasteiger partial charge in [-0.25, -0.2) is 4.79 Å². The van der Waals surface area contributed by atoms with Gasteiger partial charge in [0.2, 0.25) is 0 Å². The van der Waals surface area contributed by atoms with Crippen LogP contribution in [0.4, 0.5) is 4.79 Å². The minimum atomic E-state index is -0.348. The molecule has 0 aliphatic carbocycles. The Balaban J connectivity index is 1.74. The number of rotatable bonds is 5. The van der Waals surface area contributed by atoms with Crippen molar-refractivity contribution < 1.29 is 14.3 Å². The zero-order chi connectivity index (χ0) is 21.8. The largest absolute Gasteiger partial charge is 0.469 e. The highest BCUT2D eigenvalue weighted by Gasteiger charge is 2.32. The quantitative estimate of drug-likeness (QED) is 0.477. The Hall–Kier alpha value is -3.19. The number of hydrogen-bond acceptors (Lipinski definition) is 4. The Morgan fingerprint density at radius 2 is 1.87 bits per heavy atom. The van der Waals surface area contributed by atoms with Crippen molar-refractivity contribution in [3.05, 3.63) is 83.7 Å². The molecule has 3 aromatic rings. The summed E-state index contributed by atoms with van der Waals surface area (Å²) in [5, 5.41) is 2.89. The lowest BCUT2D eigenvalue weighted by molar-refractivity contribution is -0.140. The predicted molar refractivity (Wildman–Crippen MR) is 121 cm³/mol. The molecule has 31 heavy (non-hydrogen) atoms. The van der Waals surface area contributed by atoms with Crippen molar-refractivity contribution in [1.29, 1.82) is 0 Å². The molecule has 0 radical (unpaired) electrons. The minimum Gasteiger partial charge on any atom is -0.469 e. The summed E-state index contributed by atoms with van der Waals surface area (Å²) in [6.45, 7) is 0.680. The number of aromatic nitrogens is 1. The molecule has 0 unspecified atom stereocenters. The maximum absolute atomic E-state index is 13.3. The number of hydrogen-bond donors (Lipinski definition) is 1. The van der Waals surface area contributed by atoms with E-state index in [0.29, 0.717) is 6.54 Å². The van der Waals surface area contributed by atoms with Gasteiger partial charge in [0.05, 0.1) is 31.8 Å². The Kier molecular flexibility index (Phi) is 6.32. The van der Waals surface area contributed by atoms with Gasteiger partial charge in [0.25, 0.3) is 0 Å². The molecule has 6 nitrogen and oxygen atoms in total. The fraction of sp³-hybridized carbons (Fsp3) is 0.250. The van der Waals surface area contributed by atoms with E-state index in [-0.39, 0.29) is 31.0 Å². The molecule has 0 spiro atoms. The second-order valence-electron chi connectivity index (χ2n) is 7.29. The molecule has 1 atom stereocenters. The molecule has 1 aliphatic heterocycles. The van der Waals surface area contributed by atoms with E-state index in [1.807, 2.05) is 41.6 Å². The van der Waals surface area contributed by atoms with Gasteiger partial charge < -0.3 is 19.5 Å². The smallest absolute Gasteiger partial charge is 0.318 e. The van der Waals surface area contributed by atoms with Crippen LogP contribution in [0.25, 0.3) is 5.69 Å². The van der Waals surface area contributed by atoms with E-state index in [1.165, 1.54) is 12.0 Å². The van der Waals surface area contributed by atoms with Crippen molar-refractivity contribution in [3.8, 4) is 5.69 Å². The number of nitrogens with zero attached hydrogens (tertiary/aromatic N) is 2. The molecule has 0 saturated carbocycles. The lowest BCUT2D eigenvalue weighted by Crippen LogP contribution is -2.42. The summed E-state index contributed by atoms with van der Waals surface area (Å²) in [4.78, 5) is 27.8. The molecule has 1 aromatic heterocycles. The third kappa shape index (κ3) is 4.32. The molecule has 2 aromatic carbocycles. The fourth-order valence-corrected chi connectivity index (χ4v) is 4.36. The van der Waals surface area contributed by atoms with Crippen molar-refractivity contribution in [2.24, 2.45) is 0 Å². The van der Waals surface area contributed by atoms with Gasteiger partial charge in [-0.1, -0.05) is 30.3 Å². The van der Waals surface area contributed by atoms with Crippen LogP contribution >= 0.6 is 11.8 Å². The molecular formula is C24H25N3O3S. The zero-order valence-electron chi connectivity index (χ0n) is 17.6. The third-order valence-corrected chi connectivity index (χ3v) is 6.23. The van der Waals surface area contributed by atoms with Gasteiger partial charge >= 0.3 is 12.0 Å². The van der Waals surface area contributed by atoms with Crippen LogP contribution < -0.4 is 5.32 Å². The van der Waals surface area contributed by atoms with Crippen LogP contribution in [-0.2, 0) is 16.1 Å². The van der Waals surface area contributed by atoms with Crippen molar-refractivity contribution in [3.63, 3.8) is 0 Å². The maximum Gasteiger partial charge on any atom is 0.318 e. The zero-order valence-corrected chi connectivity index (χ0v) is 18.4. The van der Waals surface area contributed by atoms with Crippen LogP contribution in [0, 0.1) is 0 Å². The Labute approximate surface area is 186 Å². The molecule has 2 amide bonds. The normalized spacial score (nSPS) is 14.9. The second-order valence-corrected chi connectivity index (χ2v) is 8.17. The van der Waals surface area contributed by atoms with Crippen LogP contribution in [0.3, 0.4) is 0 Å². The third-order valence-electron chi connectivity index (χ3n) is 5.49. The summed E-state index contributed by atoms with van der Waals surface area (Å²) in [7, 11) is 1.35. The van der Waals surface area contributed by atoms with Gasteiger partial charge in [0.15, 0.2) is 0 Å². The first-order valence-electron chi connectivity index (χ1n) is 10.1. The number of carbonyl (C=O) groups excluding carboxylic acids is 2. The number of methoxy groups -OCH3 is 1. The number of urea groups is 1. The van der Waals surface area contributed by atoms with Gasteiger partial charge in [-0.15, -0.1) is 11.8 Å². The molecule has 1 N–H and O–H groups in total. The Bertz CT molecular complexity index is 1080. The van der Waals surface area contributed by atoms with Gasteiger partial charge in [-0.3, -0.25) is 4.79 Å². The number of amides is 2. The summed E-state index contributed by atoms with van der Waals surface area (Å²) in [5.41, 5.74) is 4.18. The highest BCUT2D eigenvalue weighted by Crippen LogP contribution is 2.37. The van der Waals surface area contributed by atoms with Crippen molar-refractivity contribution in [1.82, 2.24) is 14.8 Å². The Morgan fingerprint density at radius 3 is 2.61 bits per heavy atom. The molecule has 2 heterocycles. The number of nitrogens with one attached hydrogen (secondary N) is 1. The summed E-state index contributed by atoms with van der Waals surface area (Å²) >= 11 is 1.69. The first-order chi connectivity index (χ1) is 15.1. The summed E-state index contributed by atoms with van der Waals surface area (Å²) in [6.07, 6.45) is 4.22. The average Bonchev–Trinajstić information content (AvgIpc) is 3.23. The van der Waals surface area contributed by atoms with Crippen LogP contribution in [-0.4, -0.2) is 41.4 Å². The lowest BCUT2D eigenvalue weighted by atomic mass is 10.0. The fourth-order valence-electron chi connectivity index (χ4n) is 3.95. The van der Waals surface area contributed by atoms with Crippen molar-refractivity contribution in [2.45, 2.75) is 23.9 Å². The predicted octanol–water partition coefficient (Wildman–Crippen LogP) is 4.38. The SMILES string of the molecule is COC(=O)CCNC(=O)N1Cc2ccccc2-n2cccc2[C@H]1c1ccc(SC)cc1. The summed E-state index contributed by atoms with van der Waals surface area (Å²) < 4.78 is 6.84. The standard InChI is InChI=1S/C24H25N3O3S/c1-30-22(28)13-14-25-24(29)27-16-18-6-3-4-7-20(18)26-15-5-8-21(26)23(27)17-9-11-19(31-2)12-10-17/h3-12,15,23H,13-14,16H2,1-2H3,(H,25,29)/t23-/m1/s1. The number of ether oxygens (including phenoxy) is 1. The first-order valence-corrected chi connectivity index (χ1v) is 11.4. The number of para-hydroxylation sites is 1. The summed E-state index contributed by atoms with van der Waals surface area (Å²) in [5.74, 6) is -0.348. The van der Waals surface area contributed by atoms with Crippen LogP contribution in [0.2, 0.25) is 0 Å². The van der Waals surface area contributed by atoms with Gasteiger partial charge in [0.1, 0.15) is 0 Å². The van der Waals surface area contributed by atoms with Crippen molar-refractivity contribution in [2.75, 3.05) is 19.9 Å². The minimum absolute atomic E-state index is 0.135. The monoisotopic (exact) mass is 435 g/mol. The van der Waals surface area contributed by atoms with Gasteiger partial charge in [-0.05, 0) is 47.7 Å². The van der Waals surface area contributed by atoms with E-state index < -0.39 is 0 Å². The molecular weight excluding hydrogens is 410 g/mol. The molecule has 7 heteroatoms. The Morgan fingerprint density at radius 1 is 1.10 bits per heavy atom. The number of benzene rings is 2. The molecule has 0 saturated heterocycles. The number of esters is 1. The van der Waals surface area contributed by atoms with Crippen molar-refractivity contribution >= 4 is 23.8 Å². The van der Waals surface area contributed by atoms with E-state index >= 15 is 0 Å². The van der Waals surface area contributed by atoms with Crippen LogP contribution in [0.1, 0.15) is 29.3 Å². The number of fused-ring (bicyclic) bond motifs is 3. The highest BCUT2D eigenvalue weighted by atomic mass is 32.2. The summed E-state index contributed by atoms with van der Waals surface area (Å²) in [6, 6.07) is 20.0. The van der Waals surface area contributed by atoms with Gasteiger partial charge in [-0.2, -0.15) is 0 Å². The van der Waals surface area contributed by atoms with E-state index in [2.05, 4.69) is 51.0 Å².